The van der Waals surface area contributed by atoms with Crippen LogP contribution in [-0.4, -0.2) is 24.0 Å². The van der Waals surface area contributed by atoms with Gasteiger partial charge in [-0.1, -0.05) is 6.08 Å². The van der Waals surface area contributed by atoms with Crippen molar-refractivity contribution in [3.63, 3.8) is 0 Å². The van der Waals surface area contributed by atoms with Crippen LogP contribution in [0.5, 0.6) is 0 Å². The summed E-state index contributed by atoms with van der Waals surface area (Å²) in [6.45, 7) is 8.82. The molecule has 80 valence electrons. The van der Waals surface area contributed by atoms with Gasteiger partial charge in [0.25, 0.3) is 0 Å². The lowest BCUT2D eigenvalue weighted by molar-refractivity contribution is -0.108. The Morgan fingerprint density at radius 2 is 2.14 bits per heavy atom. The number of nitrogens with one attached hydrogen (secondary N) is 1. The highest BCUT2D eigenvalue weighted by Crippen LogP contribution is 2.07. The van der Waals surface area contributed by atoms with Crippen molar-refractivity contribution in [2.75, 3.05) is 0 Å². The summed E-state index contributed by atoms with van der Waals surface area (Å²) in [7, 11) is 0. The zero-order valence-electron chi connectivity index (χ0n) is 8.87. The van der Waals surface area contributed by atoms with Gasteiger partial charge in [-0.3, -0.25) is 0 Å². The topological polar surface area (TPSA) is 55.4 Å². The maximum atomic E-state index is 11.2. The molecule has 0 saturated carbocycles. The van der Waals surface area contributed by atoms with Gasteiger partial charge in [-0.2, -0.15) is 0 Å². The number of rotatable bonds is 4. The number of ether oxygens (including phenoxy) is 1. The molecule has 0 radical (unpaired) electrons. The predicted octanol–water partition coefficient (Wildman–Crippen LogP) is 1.65. The van der Waals surface area contributed by atoms with Crippen molar-refractivity contribution in [3.05, 3.63) is 12.7 Å². The van der Waals surface area contributed by atoms with E-state index >= 15 is 0 Å². The van der Waals surface area contributed by atoms with Crippen LogP contribution >= 0.6 is 0 Å². The van der Waals surface area contributed by atoms with Crippen LogP contribution in [0, 0.1) is 0 Å². The van der Waals surface area contributed by atoms with Crippen molar-refractivity contribution in [1.82, 2.24) is 5.32 Å². The fourth-order valence-corrected chi connectivity index (χ4v) is 0.777. The zero-order chi connectivity index (χ0) is 11.2. The smallest absolute Gasteiger partial charge is 0.408 e. The van der Waals surface area contributed by atoms with Crippen LogP contribution in [0.4, 0.5) is 4.79 Å². The first kappa shape index (κ1) is 12.7. The van der Waals surface area contributed by atoms with E-state index in [9.17, 15) is 9.59 Å². The van der Waals surface area contributed by atoms with E-state index in [2.05, 4.69) is 11.9 Å². The summed E-state index contributed by atoms with van der Waals surface area (Å²) in [6, 6.07) is -0.359. The monoisotopic (exact) mass is 199 g/mol. The minimum absolute atomic E-state index is 0.211. The lowest BCUT2D eigenvalue weighted by atomic mass is 10.2. The second-order valence-electron chi connectivity index (χ2n) is 3.89. The highest BCUT2D eigenvalue weighted by molar-refractivity contribution is 5.69. The first-order chi connectivity index (χ1) is 6.39. The number of alkyl carbamates (subject to hydrolysis) is 1. The average molecular weight is 199 g/mol. The molecule has 0 heterocycles. The molecule has 1 amide bonds. The largest absolute Gasteiger partial charge is 0.444 e. The molecule has 0 aliphatic heterocycles. The molecular formula is C10H17NO3. The van der Waals surface area contributed by atoms with Gasteiger partial charge in [0.1, 0.15) is 11.9 Å². The van der Waals surface area contributed by atoms with E-state index in [1.165, 1.54) is 6.08 Å². The Labute approximate surface area is 84.3 Å². The Morgan fingerprint density at radius 3 is 2.50 bits per heavy atom. The van der Waals surface area contributed by atoms with Gasteiger partial charge in [0.15, 0.2) is 0 Å². The van der Waals surface area contributed by atoms with Crippen molar-refractivity contribution in [1.29, 1.82) is 0 Å². The van der Waals surface area contributed by atoms with Crippen molar-refractivity contribution in [2.45, 2.75) is 38.8 Å². The van der Waals surface area contributed by atoms with Crippen molar-refractivity contribution in [2.24, 2.45) is 0 Å². The molecule has 0 rings (SSSR count). The molecule has 0 saturated heterocycles. The van der Waals surface area contributed by atoms with E-state index in [0.717, 1.165) is 6.29 Å². The van der Waals surface area contributed by atoms with Crippen LogP contribution in [0.1, 0.15) is 27.2 Å². The molecule has 1 atom stereocenters. The van der Waals surface area contributed by atoms with E-state index < -0.39 is 11.7 Å². The van der Waals surface area contributed by atoms with Crippen LogP contribution < -0.4 is 5.32 Å². The first-order valence-electron chi connectivity index (χ1n) is 4.44. The maximum Gasteiger partial charge on any atom is 0.408 e. The van der Waals surface area contributed by atoms with Crippen LogP contribution in [-0.2, 0) is 9.53 Å². The summed E-state index contributed by atoms with van der Waals surface area (Å²) >= 11 is 0. The molecular weight excluding hydrogens is 182 g/mol. The molecule has 0 fully saturated rings. The number of carbonyl (C=O) groups is 2. The fraction of sp³-hybridized carbons (Fsp3) is 0.600. The van der Waals surface area contributed by atoms with Gasteiger partial charge in [0.2, 0.25) is 0 Å². The normalized spacial score (nSPS) is 12.8. The fourth-order valence-electron chi connectivity index (χ4n) is 0.777. The highest BCUT2D eigenvalue weighted by atomic mass is 16.6. The van der Waals surface area contributed by atoms with Gasteiger partial charge in [-0.25, -0.2) is 4.79 Å². The molecule has 0 aromatic rings. The van der Waals surface area contributed by atoms with Crippen LogP contribution in [0.25, 0.3) is 0 Å². The Bertz CT molecular complexity index is 218. The van der Waals surface area contributed by atoms with Gasteiger partial charge < -0.3 is 14.8 Å². The van der Waals surface area contributed by atoms with Gasteiger partial charge >= 0.3 is 6.09 Å². The molecule has 0 bridgehead atoms. The lowest BCUT2D eigenvalue weighted by Crippen LogP contribution is -2.38. The molecule has 0 aliphatic carbocycles. The molecule has 0 aromatic heterocycles. The SMILES string of the molecule is C=C[C@@H](CC=O)NC(=O)OC(C)(C)C. The molecule has 1 N–H and O–H groups in total. The minimum Gasteiger partial charge on any atom is -0.444 e. The molecule has 0 aromatic carbocycles. The average Bonchev–Trinajstić information content (AvgIpc) is 2.00. The van der Waals surface area contributed by atoms with E-state index in [-0.39, 0.29) is 12.5 Å². The Hall–Kier alpha value is -1.32. The Kier molecular flexibility index (Phi) is 4.91. The summed E-state index contributed by atoms with van der Waals surface area (Å²) in [4.78, 5) is 21.4. The van der Waals surface area contributed by atoms with E-state index in [4.69, 9.17) is 4.74 Å². The molecule has 0 spiro atoms. The van der Waals surface area contributed by atoms with Crippen LogP contribution in [0.2, 0.25) is 0 Å². The molecule has 0 unspecified atom stereocenters. The standard InChI is InChI=1S/C10H17NO3/c1-5-8(6-7-12)11-9(13)14-10(2,3)4/h5,7-8H,1,6H2,2-4H3,(H,11,13)/t8-/m0/s1. The molecule has 4 heteroatoms. The number of carbonyl (C=O) groups excluding carboxylic acids is 2. The Morgan fingerprint density at radius 1 is 1.57 bits per heavy atom. The highest BCUT2D eigenvalue weighted by Gasteiger charge is 2.17. The lowest BCUT2D eigenvalue weighted by Gasteiger charge is -2.21. The Balaban J connectivity index is 4.03. The third kappa shape index (κ3) is 6.22. The second-order valence-corrected chi connectivity index (χ2v) is 3.89. The number of hydrogen-bond acceptors (Lipinski definition) is 3. The number of hydrogen-bond donors (Lipinski definition) is 1. The summed E-state index contributed by atoms with van der Waals surface area (Å²) in [6.07, 6.45) is 1.90. The predicted molar refractivity (Wildman–Crippen MR) is 54.0 cm³/mol. The molecule has 14 heavy (non-hydrogen) atoms. The first-order valence-corrected chi connectivity index (χ1v) is 4.44. The summed E-state index contributed by atoms with van der Waals surface area (Å²) in [5.74, 6) is 0. The number of aldehydes is 1. The minimum atomic E-state index is -0.538. The second kappa shape index (κ2) is 5.42. The van der Waals surface area contributed by atoms with Crippen molar-refractivity contribution < 1.29 is 14.3 Å². The van der Waals surface area contributed by atoms with Gasteiger partial charge in [0.05, 0.1) is 6.04 Å². The van der Waals surface area contributed by atoms with Crippen LogP contribution in [0.15, 0.2) is 12.7 Å². The summed E-state index contributed by atoms with van der Waals surface area (Å²) in [5, 5.41) is 2.51. The maximum absolute atomic E-state index is 11.2. The van der Waals surface area contributed by atoms with Gasteiger partial charge in [-0.15, -0.1) is 6.58 Å². The quantitative estimate of drug-likeness (QED) is 0.553. The van der Waals surface area contributed by atoms with Crippen LogP contribution in [0.3, 0.4) is 0 Å². The van der Waals surface area contributed by atoms with Crippen molar-refractivity contribution >= 4 is 12.4 Å². The van der Waals surface area contributed by atoms with E-state index in [1.54, 1.807) is 20.8 Å². The zero-order valence-corrected chi connectivity index (χ0v) is 8.87. The van der Waals surface area contributed by atoms with Gasteiger partial charge in [-0.05, 0) is 20.8 Å². The summed E-state index contributed by atoms with van der Waals surface area (Å²) in [5.41, 5.74) is -0.531. The third-order valence-electron chi connectivity index (χ3n) is 1.34. The van der Waals surface area contributed by atoms with Crippen molar-refractivity contribution in [3.8, 4) is 0 Å². The molecule has 4 nitrogen and oxygen atoms in total. The third-order valence-corrected chi connectivity index (χ3v) is 1.34. The van der Waals surface area contributed by atoms with Gasteiger partial charge in [0, 0.05) is 6.42 Å². The van der Waals surface area contributed by atoms with E-state index in [1.807, 2.05) is 0 Å². The van der Waals surface area contributed by atoms with E-state index in [0.29, 0.717) is 0 Å². The number of amides is 1. The molecule has 0 aliphatic rings. The summed E-state index contributed by atoms with van der Waals surface area (Å²) < 4.78 is 5.00.